The molecule has 6 nitrogen and oxygen atoms in total. The molecule has 0 saturated heterocycles. The van der Waals surface area contributed by atoms with Crippen molar-refractivity contribution >= 4 is 17.4 Å². The maximum atomic E-state index is 10.9. The van der Waals surface area contributed by atoms with Gasteiger partial charge in [0.2, 0.25) is 0 Å². The third-order valence-electron chi connectivity index (χ3n) is 2.52. The molecule has 0 spiro atoms. The standard InChI is InChI=1S/C13H12N2O4S/c1-18-11-6-5-9(8-12(11)19-2)20-13-10(15(16)17)4-3-7-14-13/h3-8H,1-2H3. The molecule has 7 heteroatoms. The number of nitro groups is 1. The molecule has 2 aromatic rings. The minimum Gasteiger partial charge on any atom is -0.493 e. The van der Waals surface area contributed by atoms with Crippen LogP contribution in [0.3, 0.4) is 0 Å². The van der Waals surface area contributed by atoms with Crippen LogP contribution >= 0.6 is 11.8 Å². The topological polar surface area (TPSA) is 74.5 Å². The number of hydrogen-bond acceptors (Lipinski definition) is 6. The van der Waals surface area contributed by atoms with Crippen LogP contribution in [-0.2, 0) is 0 Å². The van der Waals surface area contributed by atoms with E-state index in [1.54, 1.807) is 25.3 Å². The summed E-state index contributed by atoms with van der Waals surface area (Å²) in [5.41, 5.74) is -0.0210. The van der Waals surface area contributed by atoms with E-state index < -0.39 is 4.92 Å². The van der Waals surface area contributed by atoms with E-state index in [9.17, 15) is 10.1 Å². The van der Waals surface area contributed by atoms with E-state index in [4.69, 9.17) is 9.47 Å². The molecule has 0 radical (unpaired) electrons. The maximum absolute atomic E-state index is 10.9. The van der Waals surface area contributed by atoms with Gasteiger partial charge in [-0.3, -0.25) is 10.1 Å². The van der Waals surface area contributed by atoms with Gasteiger partial charge in [-0.15, -0.1) is 0 Å². The number of benzene rings is 1. The highest BCUT2D eigenvalue weighted by atomic mass is 32.2. The summed E-state index contributed by atoms with van der Waals surface area (Å²) in [6.45, 7) is 0. The van der Waals surface area contributed by atoms with Gasteiger partial charge in [0, 0.05) is 17.2 Å². The minimum atomic E-state index is -0.448. The number of pyridine rings is 1. The summed E-state index contributed by atoms with van der Waals surface area (Å²) in [5.74, 6) is 1.17. The summed E-state index contributed by atoms with van der Waals surface area (Å²) < 4.78 is 10.3. The van der Waals surface area contributed by atoms with Gasteiger partial charge in [0.1, 0.15) is 0 Å². The van der Waals surface area contributed by atoms with Crippen LogP contribution in [0.2, 0.25) is 0 Å². The molecular weight excluding hydrogens is 280 g/mol. The Balaban J connectivity index is 2.33. The lowest BCUT2D eigenvalue weighted by atomic mass is 10.3. The van der Waals surface area contributed by atoms with Gasteiger partial charge in [-0.1, -0.05) is 11.8 Å². The van der Waals surface area contributed by atoms with Crippen molar-refractivity contribution in [1.29, 1.82) is 0 Å². The molecule has 0 unspecified atom stereocenters. The summed E-state index contributed by atoms with van der Waals surface area (Å²) in [4.78, 5) is 15.3. The average Bonchev–Trinajstić information content (AvgIpc) is 2.47. The Morgan fingerprint density at radius 3 is 2.60 bits per heavy atom. The molecule has 20 heavy (non-hydrogen) atoms. The fraction of sp³-hybridized carbons (Fsp3) is 0.154. The third-order valence-corrected chi connectivity index (χ3v) is 3.51. The lowest BCUT2D eigenvalue weighted by Crippen LogP contribution is -1.93. The van der Waals surface area contributed by atoms with E-state index in [2.05, 4.69) is 4.98 Å². The van der Waals surface area contributed by atoms with Crippen molar-refractivity contribution in [2.45, 2.75) is 9.92 Å². The Labute approximate surface area is 119 Å². The molecule has 1 aromatic heterocycles. The van der Waals surface area contributed by atoms with E-state index in [-0.39, 0.29) is 5.69 Å². The first-order chi connectivity index (χ1) is 9.65. The fourth-order valence-corrected chi connectivity index (χ4v) is 2.48. The van der Waals surface area contributed by atoms with Crippen molar-refractivity contribution in [3.8, 4) is 11.5 Å². The first-order valence-corrected chi connectivity index (χ1v) is 6.46. The SMILES string of the molecule is COc1ccc(Sc2ncccc2[N+](=O)[O-])cc1OC. The smallest absolute Gasteiger partial charge is 0.301 e. The molecule has 0 aliphatic carbocycles. The van der Waals surface area contributed by atoms with Gasteiger partial charge in [0.05, 0.1) is 19.1 Å². The predicted molar refractivity (Wildman–Crippen MR) is 74.6 cm³/mol. The normalized spacial score (nSPS) is 10.1. The van der Waals surface area contributed by atoms with Gasteiger partial charge in [-0.05, 0) is 24.3 Å². The number of hydrogen-bond donors (Lipinski definition) is 0. The number of nitrogens with zero attached hydrogens (tertiary/aromatic N) is 2. The molecule has 2 rings (SSSR count). The Morgan fingerprint density at radius 2 is 1.95 bits per heavy atom. The Hall–Kier alpha value is -2.28. The van der Waals surface area contributed by atoms with E-state index >= 15 is 0 Å². The van der Waals surface area contributed by atoms with Crippen LogP contribution in [-0.4, -0.2) is 24.1 Å². The molecular formula is C13H12N2O4S. The summed E-state index contributed by atoms with van der Waals surface area (Å²) in [6, 6.07) is 8.26. The quantitative estimate of drug-likeness (QED) is 0.622. The molecule has 0 aliphatic heterocycles. The molecule has 0 bridgehead atoms. The van der Waals surface area contributed by atoms with E-state index in [1.165, 1.54) is 37.2 Å². The first kappa shape index (κ1) is 14.1. The third kappa shape index (κ3) is 3.00. The van der Waals surface area contributed by atoms with E-state index in [0.29, 0.717) is 16.5 Å². The van der Waals surface area contributed by atoms with Crippen LogP contribution < -0.4 is 9.47 Å². The van der Waals surface area contributed by atoms with E-state index in [1.807, 2.05) is 0 Å². The predicted octanol–water partition coefficient (Wildman–Crippen LogP) is 3.16. The minimum absolute atomic E-state index is 0.0210. The first-order valence-electron chi connectivity index (χ1n) is 5.65. The summed E-state index contributed by atoms with van der Waals surface area (Å²) >= 11 is 1.20. The number of rotatable bonds is 5. The van der Waals surface area contributed by atoms with Crippen LogP contribution in [0, 0.1) is 10.1 Å². The molecule has 0 atom stereocenters. The van der Waals surface area contributed by atoms with Gasteiger partial charge >= 0.3 is 5.69 Å². The highest BCUT2D eigenvalue weighted by Gasteiger charge is 2.16. The highest BCUT2D eigenvalue weighted by molar-refractivity contribution is 7.99. The van der Waals surface area contributed by atoms with Crippen molar-refractivity contribution in [2.75, 3.05) is 14.2 Å². The Bertz CT molecular complexity index is 634. The zero-order chi connectivity index (χ0) is 14.5. The van der Waals surface area contributed by atoms with Crippen molar-refractivity contribution in [2.24, 2.45) is 0 Å². The molecule has 0 fully saturated rings. The van der Waals surface area contributed by atoms with Gasteiger partial charge in [0.15, 0.2) is 16.5 Å². The molecule has 0 amide bonds. The lowest BCUT2D eigenvalue weighted by Gasteiger charge is -2.09. The van der Waals surface area contributed by atoms with Crippen LogP contribution in [0.1, 0.15) is 0 Å². The van der Waals surface area contributed by atoms with Crippen LogP contribution in [0.4, 0.5) is 5.69 Å². The lowest BCUT2D eigenvalue weighted by molar-refractivity contribution is -0.388. The molecule has 1 heterocycles. The molecule has 0 N–H and O–H groups in total. The van der Waals surface area contributed by atoms with Crippen LogP contribution in [0.5, 0.6) is 11.5 Å². The van der Waals surface area contributed by atoms with E-state index in [0.717, 1.165) is 4.90 Å². The zero-order valence-electron chi connectivity index (χ0n) is 10.9. The molecule has 0 saturated carbocycles. The number of methoxy groups -OCH3 is 2. The Morgan fingerprint density at radius 1 is 1.20 bits per heavy atom. The second kappa shape index (κ2) is 6.25. The highest BCUT2D eigenvalue weighted by Crippen LogP contribution is 2.37. The number of ether oxygens (including phenoxy) is 2. The molecule has 1 aromatic carbocycles. The average molecular weight is 292 g/mol. The van der Waals surface area contributed by atoms with Crippen LogP contribution in [0.15, 0.2) is 46.5 Å². The van der Waals surface area contributed by atoms with Crippen LogP contribution in [0.25, 0.3) is 0 Å². The van der Waals surface area contributed by atoms with Gasteiger partial charge in [-0.2, -0.15) is 0 Å². The maximum Gasteiger partial charge on any atom is 0.301 e. The Kier molecular flexibility index (Phi) is 4.41. The fourth-order valence-electron chi connectivity index (χ4n) is 1.59. The largest absolute Gasteiger partial charge is 0.493 e. The number of aromatic nitrogens is 1. The molecule has 104 valence electrons. The van der Waals surface area contributed by atoms with Gasteiger partial charge < -0.3 is 9.47 Å². The summed E-state index contributed by atoms with van der Waals surface area (Å²) in [5, 5.41) is 11.3. The van der Waals surface area contributed by atoms with Gasteiger partial charge in [0.25, 0.3) is 0 Å². The summed E-state index contributed by atoms with van der Waals surface area (Å²) in [7, 11) is 3.09. The molecule has 0 aliphatic rings. The monoisotopic (exact) mass is 292 g/mol. The second-order valence-corrected chi connectivity index (χ2v) is 4.77. The second-order valence-electron chi connectivity index (χ2n) is 3.70. The van der Waals surface area contributed by atoms with Crippen molar-refractivity contribution in [3.05, 3.63) is 46.6 Å². The van der Waals surface area contributed by atoms with Crippen molar-refractivity contribution < 1.29 is 14.4 Å². The van der Waals surface area contributed by atoms with Gasteiger partial charge in [-0.25, -0.2) is 4.98 Å². The summed E-state index contributed by atoms with van der Waals surface area (Å²) in [6.07, 6.45) is 1.52. The zero-order valence-corrected chi connectivity index (χ0v) is 11.7. The van der Waals surface area contributed by atoms with Crippen molar-refractivity contribution in [3.63, 3.8) is 0 Å². The van der Waals surface area contributed by atoms with Crippen molar-refractivity contribution in [1.82, 2.24) is 4.98 Å².